The molecular formula is C13H21N3O3S. The third kappa shape index (κ3) is 3.39. The summed E-state index contributed by atoms with van der Waals surface area (Å²) in [5.74, 6) is -0.573. The Morgan fingerprint density at radius 2 is 2.15 bits per heavy atom. The molecule has 6 nitrogen and oxygen atoms in total. The minimum Gasteiger partial charge on any atom is -0.352 e. The number of carbonyl (C=O) groups is 1. The van der Waals surface area contributed by atoms with Crippen LogP contribution >= 0.6 is 0 Å². The van der Waals surface area contributed by atoms with Crippen molar-refractivity contribution in [1.29, 1.82) is 0 Å². The number of sulfone groups is 1. The van der Waals surface area contributed by atoms with E-state index in [4.69, 9.17) is 0 Å². The highest BCUT2D eigenvalue weighted by Crippen LogP contribution is 2.23. The van der Waals surface area contributed by atoms with Crippen LogP contribution in [0.3, 0.4) is 0 Å². The third-order valence-corrected chi connectivity index (χ3v) is 5.43. The van der Waals surface area contributed by atoms with E-state index in [1.807, 2.05) is 0 Å². The molecule has 7 heteroatoms. The van der Waals surface area contributed by atoms with Gasteiger partial charge in [0.1, 0.15) is 5.75 Å². The molecule has 112 valence electrons. The average molecular weight is 299 g/mol. The molecule has 0 saturated heterocycles. The quantitative estimate of drug-likeness (QED) is 0.895. The van der Waals surface area contributed by atoms with Crippen molar-refractivity contribution in [2.45, 2.75) is 43.8 Å². The molecule has 1 heterocycles. The number of carbonyl (C=O) groups excluding carboxylic acids is 1. The standard InChI is InChI=1S/C13H21N3O3S/c1-10-5-3-4-6-11(10)15-12(17)9-20(18,19)13-14-7-8-16(13)2/h7-8,10-11H,3-6,9H2,1-2H3,(H,15,17)/t10-,11-/m1/s1. The molecule has 0 radical (unpaired) electrons. The lowest BCUT2D eigenvalue weighted by molar-refractivity contribution is -0.119. The fraction of sp³-hybridized carbons (Fsp3) is 0.692. The van der Waals surface area contributed by atoms with Gasteiger partial charge in [0.2, 0.25) is 20.9 Å². The Morgan fingerprint density at radius 1 is 1.45 bits per heavy atom. The molecule has 1 aliphatic carbocycles. The third-order valence-electron chi connectivity index (χ3n) is 3.83. The molecule has 0 bridgehead atoms. The van der Waals surface area contributed by atoms with Crippen LogP contribution in [0.15, 0.2) is 17.6 Å². The summed E-state index contributed by atoms with van der Waals surface area (Å²) >= 11 is 0. The summed E-state index contributed by atoms with van der Waals surface area (Å²) in [6, 6.07) is 0.0906. The van der Waals surface area contributed by atoms with Gasteiger partial charge in [-0.3, -0.25) is 4.79 Å². The van der Waals surface area contributed by atoms with Gasteiger partial charge in [-0.05, 0) is 18.8 Å². The molecule has 0 unspecified atom stereocenters. The first kappa shape index (κ1) is 15.0. The molecular weight excluding hydrogens is 278 g/mol. The fourth-order valence-electron chi connectivity index (χ4n) is 2.67. The van der Waals surface area contributed by atoms with Gasteiger partial charge in [0, 0.05) is 25.5 Å². The number of aryl methyl sites for hydroxylation is 1. The molecule has 1 aromatic rings. The van der Waals surface area contributed by atoms with Crippen LogP contribution in [0.25, 0.3) is 0 Å². The van der Waals surface area contributed by atoms with Crippen LogP contribution in [-0.4, -0.2) is 35.7 Å². The van der Waals surface area contributed by atoms with Crippen molar-refractivity contribution in [2.24, 2.45) is 13.0 Å². The minimum absolute atomic E-state index is 0.0654. The number of hydrogen-bond donors (Lipinski definition) is 1. The molecule has 0 spiro atoms. The summed E-state index contributed by atoms with van der Waals surface area (Å²) in [6.45, 7) is 2.09. The number of rotatable bonds is 4. The highest BCUT2D eigenvalue weighted by atomic mass is 32.2. The molecule has 1 fully saturated rings. The molecule has 1 N–H and O–H groups in total. The number of amides is 1. The van der Waals surface area contributed by atoms with Gasteiger partial charge >= 0.3 is 0 Å². The Morgan fingerprint density at radius 3 is 2.75 bits per heavy atom. The lowest BCUT2D eigenvalue weighted by Crippen LogP contribution is -2.43. The van der Waals surface area contributed by atoms with Gasteiger partial charge in [-0.25, -0.2) is 13.4 Å². The van der Waals surface area contributed by atoms with E-state index in [9.17, 15) is 13.2 Å². The molecule has 0 aliphatic heterocycles. The number of nitrogens with zero attached hydrogens (tertiary/aromatic N) is 2. The van der Waals surface area contributed by atoms with Crippen molar-refractivity contribution < 1.29 is 13.2 Å². The van der Waals surface area contributed by atoms with E-state index in [1.165, 1.54) is 17.2 Å². The maximum Gasteiger partial charge on any atom is 0.235 e. The second-order valence-electron chi connectivity index (χ2n) is 5.52. The SMILES string of the molecule is C[C@@H]1CCCC[C@H]1NC(=O)CS(=O)(=O)c1nccn1C. The fourth-order valence-corrected chi connectivity index (χ4v) is 3.95. The first-order valence-corrected chi connectivity index (χ1v) is 8.55. The maximum atomic E-state index is 12.1. The monoisotopic (exact) mass is 299 g/mol. The van der Waals surface area contributed by atoms with E-state index in [2.05, 4.69) is 17.2 Å². The second kappa shape index (κ2) is 5.95. The van der Waals surface area contributed by atoms with Crippen molar-refractivity contribution in [2.75, 3.05) is 5.75 Å². The van der Waals surface area contributed by atoms with Gasteiger partial charge < -0.3 is 9.88 Å². The molecule has 20 heavy (non-hydrogen) atoms. The van der Waals surface area contributed by atoms with E-state index >= 15 is 0 Å². The number of nitrogens with one attached hydrogen (secondary N) is 1. The molecule has 0 aromatic carbocycles. The lowest BCUT2D eigenvalue weighted by Gasteiger charge is -2.29. The smallest absolute Gasteiger partial charge is 0.235 e. The minimum atomic E-state index is -3.68. The van der Waals surface area contributed by atoms with E-state index in [0.717, 1.165) is 19.3 Å². The zero-order valence-corrected chi connectivity index (χ0v) is 12.7. The summed E-state index contributed by atoms with van der Waals surface area (Å²) < 4.78 is 25.6. The van der Waals surface area contributed by atoms with Crippen LogP contribution in [0, 0.1) is 5.92 Å². The van der Waals surface area contributed by atoms with Crippen LogP contribution in [0.5, 0.6) is 0 Å². The van der Waals surface area contributed by atoms with E-state index in [1.54, 1.807) is 13.2 Å². The van der Waals surface area contributed by atoms with Crippen molar-refractivity contribution in [3.63, 3.8) is 0 Å². The van der Waals surface area contributed by atoms with Crippen molar-refractivity contribution >= 4 is 15.7 Å². The predicted molar refractivity (Wildman–Crippen MR) is 74.8 cm³/mol. The summed E-state index contributed by atoms with van der Waals surface area (Å²) in [5, 5.41) is 2.79. The van der Waals surface area contributed by atoms with Gasteiger partial charge in [0.25, 0.3) is 0 Å². The molecule has 1 aromatic heterocycles. The molecule has 1 saturated carbocycles. The van der Waals surface area contributed by atoms with E-state index < -0.39 is 21.5 Å². The van der Waals surface area contributed by atoms with Crippen molar-refractivity contribution in [3.05, 3.63) is 12.4 Å². The highest BCUT2D eigenvalue weighted by Gasteiger charge is 2.27. The molecule has 2 rings (SSSR count). The summed E-state index contributed by atoms with van der Waals surface area (Å²) in [7, 11) is -2.08. The predicted octanol–water partition coefficient (Wildman–Crippen LogP) is 0.889. The summed E-state index contributed by atoms with van der Waals surface area (Å²) in [4.78, 5) is 15.7. The van der Waals surface area contributed by atoms with Crippen LogP contribution in [-0.2, 0) is 21.7 Å². The number of imidazole rings is 1. The maximum absolute atomic E-state index is 12.1. The van der Waals surface area contributed by atoms with Gasteiger partial charge in [-0.2, -0.15) is 0 Å². The lowest BCUT2D eigenvalue weighted by atomic mass is 9.86. The Kier molecular flexibility index (Phi) is 4.47. The first-order chi connectivity index (χ1) is 9.40. The normalized spacial score (nSPS) is 23.5. The van der Waals surface area contributed by atoms with Crippen LogP contribution in [0.1, 0.15) is 32.6 Å². The van der Waals surface area contributed by atoms with Crippen molar-refractivity contribution in [1.82, 2.24) is 14.9 Å². The van der Waals surface area contributed by atoms with Crippen LogP contribution in [0.4, 0.5) is 0 Å². The Balaban J connectivity index is 1.99. The Bertz CT molecular complexity index is 579. The van der Waals surface area contributed by atoms with E-state index in [-0.39, 0.29) is 11.2 Å². The van der Waals surface area contributed by atoms with E-state index in [0.29, 0.717) is 5.92 Å². The van der Waals surface area contributed by atoms with Gasteiger partial charge in [-0.15, -0.1) is 0 Å². The second-order valence-corrected chi connectivity index (χ2v) is 7.40. The molecule has 1 amide bonds. The molecule has 1 aliphatic rings. The Hall–Kier alpha value is -1.37. The number of aromatic nitrogens is 2. The summed E-state index contributed by atoms with van der Waals surface area (Å²) in [5.41, 5.74) is 0. The zero-order chi connectivity index (χ0) is 14.8. The highest BCUT2D eigenvalue weighted by molar-refractivity contribution is 7.91. The summed E-state index contributed by atoms with van der Waals surface area (Å²) in [6.07, 6.45) is 7.23. The van der Waals surface area contributed by atoms with Gasteiger partial charge in [0.15, 0.2) is 0 Å². The largest absolute Gasteiger partial charge is 0.352 e. The Labute approximate surface area is 119 Å². The number of hydrogen-bond acceptors (Lipinski definition) is 4. The average Bonchev–Trinajstić information content (AvgIpc) is 2.78. The topological polar surface area (TPSA) is 81.1 Å². The molecule has 2 atom stereocenters. The zero-order valence-electron chi connectivity index (χ0n) is 11.9. The first-order valence-electron chi connectivity index (χ1n) is 6.89. The van der Waals surface area contributed by atoms with Crippen LogP contribution < -0.4 is 5.32 Å². The van der Waals surface area contributed by atoms with Gasteiger partial charge in [-0.1, -0.05) is 19.8 Å². The van der Waals surface area contributed by atoms with Crippen molar-refractivity contribution in [3.8, 4) is 0 Å². The van der Waals surface area contributed by atoms with Gasteiger partial charge in [0.05, 0.1) is 0 Å². The van der Waals surface area contributed by atoms with Crippen LogP contribution in [0.2, 0.25) is 0 Å².